The maximum Gasteiger partial charge on any atom is 0.226 e. The first-order valence-electron chi connectivity index (χ1n) is 7.50. The second-order valence-electron chi connectivity index (χ2n) is 6.71. The van der Waals surface area contributed by atoms with Crippen LogP contribution in [-0.2, 0) is 4.79 Å². The van der Waals surface area contributed by atoms with Crippen molar-refractivity contribution in [1.82, 2.24) is 0 Å². The van der Waals surface area contributed by atoms with Gasteiger partial charge in [-0.25, -0.2) is 0 Å². The van der Waals surface area contributed by atoms with Crippen molar-refractivity contribution in [3.05, 3.63) is 23.8 Å². The summed E-state index contributed by atoms with van der Waals surface area (Å²) in [5.41, 5.74) is 7.97. The smallest absolute Gasteiger partial charge is 0.226 e. The first kappa shape index (κ1) is 17.5. The molecule has 1 atom stereocenters. The predicted octanol–water partition coefficient (Wildman–Crippen LogP) is 3.49. The molecule has 21 heavy (non-hydrogen) atoms. The lowest BCUT2D eigenvalue weighted by Crippen LogP contribution is -2.31. The molecule has 0 bridgehead atoms. The molecule has 0 aromatic heterocycles. The van der Waals surface area contributed by atoms with Crippen LogP contribution < -0.4 is 15.8 Å². The maximum atomic E-state index is 12.1. The number of nitrogens with two attached hydrogens (primary N) is 1. The first-order chi connectivity index (χ1) is 9.71. The van der Waals surface area contributed by atoms with E-state index in [4.69, 9.17) is 10.5 Å². The van der Waals surface area contributed by atoms with Gasteiger partial charge in [-0.1, -0.05) is 26.8 Å². The van der Waals surface area contributed by atoms with Gasteiger partial charge in [-0.15, -0.1) is 0 Å². The zero-order valence-corrected chi connectivity index (χ0v) is 13.8. The minimum atomic E-state index is -0.133. The van der Waals surface area contributed by atoms with E-state index in [-0.39, 0.29) is 17.4 Å². The summed E-state index contributed by atoms with van der Waals surface area (Å²) in [5, 5.41) is 2.90. The summed E-state index contributed by atoms with van der Waals surface area (Å²) in [7, 11) is 0. The Hall–Kier alpha value is -1.55. The van der Waals surface area contributed by atoms with Gasteiger partial charge in [0.1, 0.15) is 5.75 Å². The highest BCUT2D eigenvalue weighted by Crippen LogP contribution is 2.26. The molecule has 4 heteroatoms. The minimum absolute atomic E-state index is 0.0726. The van der Waals surface area contributed by atoms with Crippen molar-refractivity contribution >= 4 is 11.6 Å². The van der Waals surface area contributed by atoms with Crippen LogP contribution >= 0.6 is 0 Å². The molecule has 0 heterocycles. The van der Waals surface area contributed by atoms with E-state index in [0.717, 1.165) is 12.0 Å². The molecule has 0 radical (unpaired) electrons. The van der Waals surface area contributed by atoms with Crippen LogP contribution in [0.1, 0.15) is 46.1 Å². The monoisotopic (exact) mass is 292 g/mol. The summed E-state index contributed by atoms with van der Waals surface area (Å²) in [6.45, 7) is 10.9. The third-order valence-electron chi connectivity index (χ3n) is 3.03. The van der Waals surface area contributed by atoms with Crippen LogP contribution in [0.2, 0.25) is 0 Å². The molecule has 118 valence electrons. The van der Waals surface area contributed by atoms with Gasteiger partial charge in [-0.05, 0) is 43.4 Å². The number of carbonyl (C=O) groups is 1. The van der Waals surface area contributed by atoms with Crippen molar-refractivity contribution in [3.8, 4) is 5.75 Å². The first-order valence-corrected chi connectivity index (χ1v) is 7.50. The van der Waals surface area contributed by atoms with E-state index in [1.807, 2.05) is 32.0 Å². The molecule has 1 rings (SSSR count). The lowest BCUT2D eigenvalue weighted by atomic mass is 9.87. The Bertz CT molecular complexity index is 478. The van der Waals surface area contributed by atoms with Gasteiger partial charge in [0, 0.05) is 12.5 Å². The molecular formula is C17H28N2O2. The lowest BCUT2D eigenvalue weighted by Gasteiger charge is -2.22. The number of anilines is 1. The summed E-state index contributed by atoms with van der Waals surface area (Å²) in [6.07, 6.45) is 1.13. The third-order valence-corrected chi connectivity index (χ3v) is 3.03. The zero-order valence-electron chi connectivity index (χ0n) is 13.8. The average Bonchev–Trinajstić information content (AvgIpc) is 2.30. The Morgan fingerprint density at radius 1 is 1.38 bits per heavy atom. The van der Waals surface area contributed by atoms with Crippen LogP contribution in [0.4, 0.5) is 5.69 Å². The molecule has 0 aliphatic carbocycles. The zero-order chi connectivity index (χ0) is 16.0. The predicted molar refractivity (Wildman–Crippen MR) is 87.6 cm³/mol. The molecule has 0 fully saturated rings. The fraction of sp³-hybridized carbons (Fsp3) is 0.588. The van der Waals surface area contributed by atoms with Crippen molar-refractivity contribution in [3.63, 3.8) is 0 Å². The van der Waals surface area contributed by atoms with Crippen molar-refractivity contribution in [2.75, 3.05) is 11.9 Å². The molecule has 0 spiro atoms. The van der Waals surface area contributed by atoms with E-state index in [0.29, 0.717) is 24.5 Å². The number of nitrogens with one attached hydrogen (secondary N) is 1. The van der Waals surface area contributed by atoms with E-state index < -0.39 is 0 Å². The van der Waals surface area contributed by atoms with Gasteiger partial charge >= 0.3 is 0 Å². The molecule has 3 N–H and O–H groups in total. The highest BCUT2D eigenvalue weighted by molar-refractivity contribution is 5.92. The number of benzene rings is 1. The largest absolute Gasteiger partial charge is 0.492 e. The Kier molecular flexibility index (Phi) is 6.21. The lowest BCUT2D eigenvalue weighted by molar-refractivity contribution is -0.116. The van der Waals surface area contributed by atoms with Crippen molar-refractivity contribution in [2.24, 2.45) is 11.1 Å². The van der Waals surface area contributed by atoms with Gasteiger partial charge in [-0.3, -0.25) is 4.79 Å². The Morgan fingerprint density at radius 3 is 2.62 bits per heavy atom. The molecule has 1 aromatic rings. The fourth-order valence-electron chi connectivity index (χ4n) is 2.31. The topological polar surface area (TPSA) is 64.3 Å². The molecule has 1 aromatic carbocycles. The Labute approximate surface area is 128 Å². The number of ether oxygens (including phenoxy) is 1. The standard InChI is InChI=1S/C17H28N2O2/c1-6-21-15-9-12(2)7-8-14(15)19-16(20)10-13(18)11-17(3,4)5/h7-9,13H,6,10-11,18H2,1-5H3,(H,19,20). The normalized spacial score (nSPS) is 12.9. The van der Waals surface area contributed by atoms with Gasteiger partial charge in [-0.2, -0.15) is 0 Å². The van der Waals surface area contributed by atoms with Crippen LogP contribution in [0, 0.1) is 12.3 Å². The number of carbonyl (C=O) groups excluding carboxylic acids is 1. The Morgan fingerprint density at radius 2 is 2.05 bits per heavy atom. The number of aryl methyl sites for hydroxylation is 1. The Balaban J connectivity index is 2.66. The van der Waals surface area contributed by atoms with Gasteiger partial charge < -0.3 is 15.8 Å². The summed E-state index contributed by atoms with van der Waals surface area (Å²) in [6, 6.07) is 5.61. The number of amides is 1. The van der Waals surface area contributed by atoms with Crippen molar-refractivity contribution < 1.29 is 9.53 Å². The van der Waals surface area contributed by atoms with E-state index >= 15 is 0 Å². The second-order valence-corrected chi connectivity index (χ2v) is 6.71. The van der Waals surface area contributed by atoms with Gasteiger partial charge in [0.15, 0.2) is 0 Å². The van der Waals surface area contributed by atoms with Crippen molar-refractivity contribution in [2.45, 2.75) is 53.5 Å². The van der Waals surface area contributed by atoms with Crippen LogP contribution in [0.25, 0.3) is 0 Å². The molecule has 1 unspecified atom stereocenters. The van der Waals surface area contributed by atoms with E-state index in [1.165, 1.54) is 0 Å². The van der Waals surface area contributed by atoms with Gasteiger partial charge in [0.05, 0.1) is 12.3 Å². The summed E-state index contributed by atoms with van der Waals surface area (Å²) in [4.78, 5) is 12.1. The SMILES string of the molecule is CCOc1cc(C)ccc1NC(=O)CC(N)CC(C)(C)C. The second kappa shape index (κ2) is 7.46. The molecule has 1 amide bonds. The van der Waals surface area contributed by atoms with Crippen LogP contribution in [0.5, 0.6) is 5.75 Å². The maximum absolute atomic E-state index is 12.1. The average molecular weight is 292 g/mol. The summed E-state index contributed by atoms with van der Waals surface area (Å²) >= 11 is 0. The molecule has 0 aliphatic rings. The van der Waals surface area contributed by atoms with Crippen LogP contribution in [0.15, 0.2) is 18.2 Å². The van der Waals surface area contributed by atoms with Gasteiger partial charge in [0.2, 0.25) is 5.91 Å². The van der Waals surface area contributed by atoms with E-state index in [2.05, 4.69) is 26.1 Å². The van der Waals surface area contributed by atoms with E-state index in [1.54, 1.807) is 0 Å². The number of rotatable bonds is 6. The number of hydrogen-bond donors (Lipinski definition) is 2. The third kappa shape index (κ3) is 6.63. The summed E-state index contributed by atoms with van der Waals surface area (Å²) < 4.78 is 5.56. The molecule has 0 saturated heterocycles. The fourth-order valence-corrected chi connectivity index (χ4v) is 2.31. The highest BCUT2D eigenvalue weighted by atomic mass is 16.5. The minimum Gasteiger partial charge on any atom is -0.492 e. The molecule has 0 saturated carbocycles. The summed E-state index contributed by atoms with van der Waals surface area (Å²) in [5.74, 6) is 0.631. The van der Waals surface area contributed by atoms with Gasteiger partial charge in [0.25, 0.3) is 0 Å². The molecular weight excluding hydrogens is 264 g/mol. The van der Waals surface area contributed by atoms with Crippen LogP contribution in [-0.4, -0.2) is 18.6 Å². The molecule has 0 aliphatic heterocycles. The van der Waals surface area contributed by atoms with Crippen LogP contribution in [0.3, 0.4) is 0 Å². The quantitative estimate of drug-likeness (QED) is 0.843. The highest BCUT2D eigenvalue weighted by Gasteiger charge is 2.18. The van der Waals surface area contributed by atoms with E-state index in [9.17, 15) is 4.79 Å². The number of hydrogen-bond acceptors (Lipinski definition) is 3. The molecule has 4 nitrogen and oxygen atoms in total. The van der Waals surface area contributed by atoms with Crippen molar-refractivity contribution in [1.29, 1.82) is 0 Å².